The summed E-state index contributed by atoms with van der Waals surface area (Å²) in [6.07, 6.45) is 1.89. The number of hydrogen-bond acceptors (Lipinski definition) is 4. The number of halogens is 2. The first-order valence-electron chi connectivity index (χ1n) is 7.99. The maximum absolute atomic E-state index is 12.6. The number of rotatable bonds is 5. The Bertz CT molecular complexity index is 932. The summed E-state index contributed by atoms with van der Waals surface area (Å²) in [5, 5.41) is 3.39. The van der Waals surface area contributed by atoms with E-state index in [1.807, 2.05) is 42.5 Å². The molecule has 0 aliphatic carbocycles. The van der Waals surface area contributed by atoms with Crippen LogP contribution in [0.25, 0.3) is 6.08 Å². The lowest BCUT2D eigenvalue weighted by Crippen LogP contribution is -2.31. The van der Waals surface area contributed by atoms with E-state index in [0.717, 1.165) is 14.8 Å². The number of carbonyl (C=O) groups is 2. The number of thioether (sulfide) groups is 1. The highest BCUT2D eigenvalue weighted by Crippen LogP contribution is 2.33. The zero-order valence-corrected chi connectivity index (χ0v) is 18.5. The van der Waals surface area contributed by atoms with Gasteiger partial charge in [-0.1, -0.05) is 53.8 Å². The van der Waals surface area contributed by atoms with Crippen molar-refractivity contribution in [1.29, 1.82) is 0 Å². The van der Waals surface area contributed by atoms with Crippen molar-refractivity contribution >= 4 is 86.1 Å². The Hall–Kier alpha value is -1.42. The first kappa shape index (κ1) is 20.3. The lowest BCUT2D eigenvalue weighted by molar-refractivity contribution is -0.122. The van der Waals surface area contributed by atoms with Gasteiger partial charge in [0, 0.05) is 27.2 Å². The molecule has 1 fully saturated rings. The molecule has 1 aliphatic heterocycles. The molecular formula is C19H14ClIN2O2S2. The number of amides is 2. The minimum atomic E-state index is -0.202. The SMILES string of the molecule is O=C(CCN1C(=O)C(=Cc2ccccc2Cl)SC1=S)Nc1ccc(I)cc1. The van der Waals surface area contributed by atoms with Crippen molar-refractivity contribution in [1.82, 2.24) is 4.90 Å². The monoisotopic (exact) mass is 528 g/mol. The van der Waals surface area contributed by atoms with E-state index in [2.05, 4.69) is 27.9 Å². The normalized spacial score (nSPS) is 15.5. The lowest BCUT2D eigenvalue weighted by atomic mass is 10.2. The Morgan fingerprint density at radius 1 is 1.22 bits per heavy atom. The molecule has 1 N–H and O–H groups in total. The van der Waals surface area contributed by atoms with Crippen LogP contribution in [0.3, 0.4) is 0 Å². The first-order chi connectivity index (χ1) is 12.9. The molecule has 8 heteroatoms. The van der Waals surface area contributed by atoms with Gasteiger partial charge in [0.25, 0.3) is 5.91 Å². The topological polar surface area (TPSA) is 49.4 Å². The number of thiocarbonyl (C=S) groups is 1. The minimum absolute atomic E-state index is 0.164. The predicted octanol–water partition coefficient (Wildman–Crippen LogP) is 5.17. The van der Waals surface area contributed by atoms with Crippen molar-refractivity contribution < 1.29 is 9.59 Å². The van der Waals surface area contributed by atoms with Gasteiger partial charge in [-0.05, 0) is 64.6 Å². The van der Waals surface area contributed by atoms with Crippen LogP contribution in [-0.4, -0.2) is 27.6 Å². The fourth-order valence-electron chi connectivity index (χ4n) is 2.40. The van der Waals surface area contributed by atoms with E-state index in [1.54, 1.807) is 12.1 Å². The number of anilines is 1. The molecule has 1 heterocycles. The minimum Gasteiger partial charge on any atom is -0.326 e. The van der Waals surface area contributed by atoms with Crippen LogP contribution < -0.4 is 5.32 Å². The van der Waals surface area contributed by atoms with Gasteiger partial charge in [-0.2, -0.15) is 0 Å². The molecule has 2 aromatic carbocycles. The third-order valence-electron chi connectivity index (χ3n) is 3.76. The highest BCUT2D eigenvalue weighted by atomic mass is 127. The van der Waals surface area contributed by atoms with Crippen LogP contribution in [0.2, 0.25) is 5.02 Å². The van der Waals surface area contributed by atoms with Gasteiger partial charge in [0.2, 0.25) is 5.91 Å². The van der Waals surface area contributed by atoms with Crippen molar-refractivity contribution in [2.24, 2.45) is 0 Å². The molecule has 0 unspecified atom stereocenters. The smallest absolute Gasteiger partial charge is 0.266 e. The van der Waals surface area contributed by atoms with Crippen molar-refractivity contribution in [3.8, 4) is 0 Å². The highest BCUT2D eigenvalue weighted by Gasteiger charge is 2.32. The largest absolute Gasteiger partial charge is 0.326 e. The van der Waals surface area contributed by atoms with Gasteiger partial charge in [-0.15, -0.1) is 0 Å². The average molecular weight is 529 g/mol. The zero-order chi connectivity index (χ0) is 19.4. The Morgan fingerprint density at radius 2 is 1.93 bits per heavy atom. The average Bonchev–Trinajstić information content (AvgIpc) is 2.90. The molecule has 27 heavy (non-hydrogen) atoms. The van der Waals surface area contributed by atoms with Crippen LogP contribution in [0.1, 0.15) is 12.0 Å². The van der Waals surface area contributed by atoms with Gasteiger partial charge in [0.15, 0.2) is 0 Å². The summed E-state index contributed by atoms with van der Waals surface area (Å²) in [6.45, 7) is 0.237. The van der Waals surface area contributed by atoms with E-state index in [-0.39, 0.29) is 24.8 Å². The van der Waals surface area contributed by atoms with Crippen molar-refractivity contribution in [3.05, 3.63) is 67.6 Å². The number of benzene rings is 2. The van der Waals surface area contributed by atoms with E-state index < -0.39 is 0 Å². The van der Waals surface area contributed by atoms with Gasteiger partial charge >= 0.3 is 0 Å². The van der Waals surface area contributed by atoms with Gasteiger partial charge < -0.3 is 5.32 Å². The van der Waals surface area contributed by atoms with E-state index in [0.29, 0.717) is 14.2 Å². The molecular weight excluding hydrogens is 515 g/mol. The maximum atomic E-state index is 12.6. The van der Waals surface area contributed by atoms with Crippen LogP contribution in [0.5, 0.6) is 0 Å². The summed E-state index contributed by atoms with van der Waals surface area (Å²) in [5.41, 5.74) is 1.49. The van der Waals surface area contributed by atoms with Crippen LogP contribution in [-0.2, 0) is 9.59 Å². The number of nitrogens with zero attached hydrogens (tertiary/aromatic N) is 1. The maximum Gasteiger partial charge on any atom is 0.266 e. The van der Waals surface area contributed by atoms with E-state index >= 15 is 0 Å². The van der Waals surface area contributed by atoms with Crippen molar-refractivity contribution in [2.75, 3.05) is 11.9 Å². The standard InChI is InChI=1S/C19H14ClIN2O2S2/c20-15-4-2-1-3-12(15)11-16-18(25)23(19(26)27-16)10-9-17(24)22-14-7-5-13(21)6-8-14/h1-8,11H,9-10H2,(H,22,24). The highest BCUT2D eigenvalue weighted by molar-refractivity contribution is 14.1. The quantitative estimate of drug-likeness (QED) is 0.330. The van der Waals surface area contributed by atoms with Gasteiger partial charge in [0.1, 0.15) is 4.32 Å². The fraction of sp³-hybridized carbons (Fsp3) is 0.105. The second kappa shape index (κ2) is 9.18. The molecule has 1 aliphatic rings. The van der Waals surface area contributed by atoms with Crippen molar-refractivity contribution in [2.45, 2.75) is 6.42 Å². The molecule has 0 radical (unpaired) electrons. The summed E-state index contributed by atoms with van der Waals surface area (Å²) >= 11 is 14.9. The van der Waals surface area contributed by atoms with Crippen LogP contribution in [0, 0.1) is 3.57 Å². The molecule has 0 saturated carbocycles. The van der Waals surface area contributed by atoms with Gasteiger partial charge in [-0.3, -0.25) is 14.5 Å². The molecule has 1 saturated heterocycles. The van der Waals surface area contributed by atoms with Crippen LogP contribution >= 0.6 is 58.2 Å². The second-order valence-electron chi connectivity index (χ2n) is 5.66. The third-order valence-corrected chi connectivity index (χ3v) is 6.20. The second-order valence-corrected chi connectivity index (χ2v) is 8.99. The molecule has 2 amide bonds. The molecule has 4 nitrogen and oxygen atoms in total. The Labute approximate surface area is 185 Å². The molecule has 0 aromatic heterocycles. The van der Waals surface area contributed by atoms with Gasteiger partial charge in [-0.25, -0.2) is 0 Å². The summed E-state index contributed by atoms with van der Waals surface area (Å²) in [5.74, 6) is -0.368. The Kier molecular flexibility index (Phi) is 6.91. The van der Waals surface area contributed by atoms with E-state index in [9.17, 15) is 9.59 Å². The third kappa shape index (κ3) is 5.31. The molecule has 0 spiro atoms. The predicted molar refractivity (Wildman–Crippen MR) is 124 cm³/mol. The number of hydrogen-bond donors (Lipinski definition) is 1. The summed E-state index contributed by atoms with van der Waals surface area (Å²) in [4.78, 5) is 26.7. The fourth-order valence-corrected chi connectivity index (χ4v) is 4.25. The molecule has 138 valence electrons. The lowest BCUT2D eigenvalue weighted by Gasteiger charge is -2.14. The first-order valence-corrected chi connectivity index (χ1v) is 10.7. The van der Waals surface area contributed by atoms with Crippen molar-refractivity contribution in [3.63, 3.8) is 0 Å². The van der Waals surface area contributed by atoms with Crippen LogP contribution in [0.15, 0.2) is 53.4 Å². The Morgan fingerprint density at radius 3 is 2.63 bits per heavy atom. The van der Waals surface area contributed by atoms with Gasteiger partial charge in [0.05, 0.1) is 4.91 Å². The van der Waals surface area contributed by atoms with E-state index in [4.69, 9.17) is 23.8 Å². The molecule has 0 atom stereocenters. The molecule has 2 aromatic rings. The van der Waals surface area contributed by atoms with Crippen LogP contribution in [0.4, 0.5) is 5.69 Å². The summed E-state index contributed by atoms with van der Waals surface area (Å²) < 4.78 is 1.54. The number of nitrogens with one attached hydrogen (secondary N) is 1. The Balaban J connectivity index is 1.61. The summed E-state index contributed by atoms with van der Waals surface area (Å²) in [7, 11) is 0. The summed E-state index contributed by atoms with van der Waals surface area (Å²) in [6, 6.07) is 14.8. The number of carbonyl (C=O) groups excluding carboxylic acids is 2. The van der Waals surface area contributed by atoms with E-state index in [1.165, 1.54) is 16.7 Å². The zero-order valence-electron chi connectivity index (χ0n) is 13.9. The molecule has 0 bridgehead atoms. The molecule has 3 rings (SSSR count).